The molecule has 0 saturated carbocycles. The number of nitrogens with zero attached hydrogens (tertiary/aromatic N) is 3. The van der Waals surface area contributed by atoms with Gasteiger partial charge in [-0.3, -0.25) is 4.68 Å². The third-order valence-electron chi connectivity index (χ3n) is 2.60. The maximum absolute atomic E-state index is 5.87. The second-order valence-corrected chi connectivity index (χ2v) is 6.11. The van der Waals surface area contributed by atoms with Crippen LogP contribution in [0.25, 0.3) is 0 Å². The van der Waals surface area contributed by atoms with Gasteiger partial charge in [0.05, 0.1) is 18.1 Å². The molecule has 0 amide bonds. The van der Waals surface area contributed by atoms with Crippen molar-refractivity contribution in [3.63, 3.8) is 0 Å². The summed E-state index contributed by atoms with van der Waals surface area (Å²) in [6, 6.07) is 3.70. The summed E-state index contributed by atoms with van der Waals surface area (Å²) in [5.74, 6) is 1.42. The molecule has 0 aromatic carbocycles. The summed E-state index contributed by atoms with van der Waals surface area (Å²) in [5, 5.41) is 4.22. The van der Waals surface area contributed by atoms with Crippen molar-refractivity contribution in [2.24, 2.45) is 0 Å². The average molecular weight is 290 g/mol. The fourth-order valence-electron chi connectivity index (χ4n) is 1.64. The molecular weight excluding hydrogens is 268 g/mol. The Morgan fingerprint density at radius 1 is 1.24 bits per heavy atom. The van der Waals surface area contributed by atoms with E-state index in [2.05, 4.69) is 10.1 Å². The summed E-state index contributed by atoms with van der Waals surface area (Å²) in [6.07, 6.45) is 3.48. The van der Waals surface area contributed by atoms with Crippen molar-refractivity contribution >= 4 is 5.69 Å². The molecule has 0 radical (unpaired) electrons. The van der Waals surface area contributed by atoms with Crippen LogP contribution in [0, 0.1) is 0 Å². The fourth-order valence-corrected chi connectivity index (χ4v) is 1.64. The van der Waals surface area contributed by atoms with Gasteiger partial charge in [0.25, 0.3) is 0 Å². The van der Waals surface area contributed by atoms with Gasteiger partial charge in [-0.15, -0.1) is 0 Å². The molecule has 0 aliphatic heterocycles. The minimum atomic E-state index is -0.373. The second kappa shape index (κ2) is 5.63. The van der Waals surface area contributed by atoms with Crippen LogP contribution < -0.4 is 15.2 Å². The highest BCUT2D eigenvalue weighted by atomic mass is 16.5. The summed E-state index contributed by atoms with van der Waals surface area (Å²) < 4.78 is 13.2. The van der Waals surface area contributed by atoms with E-state index in [4.69, 9.17) is 15.2 Å². The lowest BCUT2D eigenvalue weighted by Crippen LogP contribution is -2.24. The Hall–Kier alpha value is -2.24. The fraction of sp³-hybridized carbons (Fsp3) is 0.467. The first-order valence-corrected chi connectivity index (χ1v) is 6.92. The van der Waals surface area contributed by atoms with Gasteiger partial charge >= 0.3 is 0 Å². The van der Waals surface area contributed by atoms with Gasteiger partial charge in [0, 0.05) is 12.1 Å². The van der Waals surface area contributed by atoms with Crippen molar-refractivity contribution in [1.29, 1.82) is 0 Å². The minimum Gasteiger partial charge on any atom is -0.470 e. The molecule has 0 bridgehead atoms. The van der Waals surface area contributed by atoms with Gasteiger partial charge in [-0.2, -0.15) is 10.1 Å². The van der Waals surface area contributed by atoms with Crippen molar-refractivity contribution in [3.8, 4) is 17.5 Å². The van der Waals surface area contributed by atoms with Crippen molar-refractivity contribution in [3.05, 3.63) is 24.5 Å². The lowest BCUT2D eigenvalue weighted by atomic mass is 10.2. The first-order valence-electron chi connectivity index (χ1n) is 6.92. The number of pyridine rings is 1. The summed E-state index contributed by atoms with van der Waals surface area (Å²) in [5.41, 5.74) is 5.98. The number of aromatic nitrogens is 3. The predicted molar refractivity (Wildman–Crippen MR) is 81.7 cm³/mol. The Morgan fingerprint density at radius 2 is 1.95 bits per heavy atom. The van der Waals surface area contributed by atoms with Gasteiger partial charge in [0.1, 0.15) is 5.60 Å². The molecule has 0 fully saturated rings. The van der Waals surface area contributed by atoms with Crippen LogP contribution in [0.4, 0.5) is 5.69 Å². The third kappa shape index (κ3) is 4.11. The van der Waals surface area contributed by atoms with Crippen LogP contribution >= 0.6 is 0 Å². The van der Waals surface area contributed by atoms with Crippen molar-refractivity contribution < 1.29 is 9.47 Å². The molecule has 0 aliphatic carbocycles. The Bertz CT molecular complexity index is 614. The molecule has 114 valence electrons. The second-order valence-electron chi connectivity index (χ2n) is 6.11. The van der Waals surface area contributed by atoms with Crippen LogP contribution in [-0.2, 0) is 0 Å². The molecule has 0 atom stereocenters. The zero-order valence-electron chi connectivity index (χ0n) is 13.1. The highest BCUT2D eigenvalue weighted by Crippen LogP contribution is 2.28. The molecule has 21 heavy (non-hydrogen) atoms. The number of ether oxygens (including phenoxy) is 2. The Kier molecular flexibility index (Phi) is 4.06. The summed E-state index contributed by atoms with van der Waals surface area (Å²) in [7, 11) is 0. The van der Waals surface area contributed by atoms with Crippen LogP contribution in [0.2, 0.25) is 0 Å². The Morgan fingerprint density at radius 3 is 2.52 bits per heavy atom. The molecule has 0 unspecified atom stereocenters. The topological polar surface area (TPSA) is 75.2 Å². The van der Waals surface area contributed by atoms with E-state index in [9.17, 15) is 0 Å². The van der Waals surface area contributed by atoms with E-state index in [1.807, 2.05) is 45.5 Å². The number of nitrogens with two attached hydrogens (primary N) is 1. The molecule has 2 aromatic heterocycles. The van der Waals surface area contributed by atoms with Gasteiger partial charge in [-0.1, -0.05) is 0 Å². The molecule has 2 rings (SSSR count). The van der Waals surface area contributed by atoms with Gasteiger partial charge in [-0.05, 0) is 40.7 Å². The van der Waals surface area contributed by atoms with E-state index in [0.29, 0.717) is 23.2 Å². The van der Waals surface area contributed by atoms with Crippen LogP contribution in [0.15, 0.2) is 24.5 Å². The predicted octanol–water partition coefficient (Wildman–Crippen LogP) is 3.41. The zero-order valence-corrected chi connectivity index (χ0v) is 13.1. The smallest absolute Gasteiger partial charge is 0.241 e. The number of nitrogen functional groups attached to an aromatic ring is 1. The molecule has 2 heterocycles. The van der Waals surface area contributed by atoms with Crippen LogP contribution in [0.1, 0.15) is 40.7 Å². The van der Waals surface area contributed by atoms with E-state index >= 15 is 0 Å². The van der Waals surface area contributed by atoms with Crippen molar-refractivity contribution in [1.82, 2.24) is 14.8 Å². The highest BCUT2D eigenvalue weighted by molar-refractivity contribution is 5.49. The van der Waals surface area contributed by atoms with Gasteiger partial charge in [0.2, 0.25) is 11.8 Å². The number of rotatable bonds is 4. The molecule has 2 N–H and O–H groups in total. The Labute approximate surface area is 124 Å². The van der Waals surface area contributed by atoms with Crippen LogP contribution in [0.5, 0.6) is 17.5 Å². The quantitative estimate of drug-likeness (QED) is 0.933. The monoisotopic (exact) mass is 290 g/mol. The van der Waals surface area contributed by atoms with Crippen molar-refractivity contribution in [2.75, 3.05) is 5.73 Å². The van der Waals surface area contributed by atoms with Crippen molar-refractivity contribution in [2.45, 2.75) is 46.3 Å². The summed E-state index contributed by atoms with van der Waals surface area (Å²) in [6.45, 7) is 9.91. The molecule has 0 spiro atoms. The van der Waals surface area contributed by atoms with E-state index < -0.39 is 0 Å². The maximum atomic E-state index is 5.87. The molecule has 2 aromatic rings. The first kappa shape index (κ1) is 15.2. The van der Waals surface area contributed by atoms with Gasteiger partial charge in [0.15, 0.2) is 5.75 Å². The molecule has 0 saturated heterocycles. The number of hydrogen-bond donors (Lipinski definition) is 1. The van der Waals surface area contributed by atoms with Crippen LogP contribution in [-0.4, -0.2) is 20.4 Å². The maximum Gasteiger partial charge on any atom is 0.241 e. The first-order chi connectivity index (χ1) is 9.74. The largest absolute Gasteiger partial charge is 0.470 e. The molecular formula is C15H22N4O2. The average Bonchev–Trinajstić information content (AvgIpc) is 2.80. The summed E-state index contributed by atoms with van der Waals surface area (Å²) in [4.78, 5) is 4.30. The lowest BCUT2D eigenvalue weighted by molar-refractivity contribution is 0.124. The van der Waals surface area contributed by atoms with Crippen LogP contribution in [0.3, 0.4) is 0 Å². The number of hydrogen-bond acceptors (Lipinski definition) is 5. The molecule has 6 nitrogen and oxygen atoms in total. The Balaban J connectivity index is 2.18. The van der Waals surface area contributed by atoms with E-state index in [-0.39, 0.29) is 11.6 Å². The minimum absolute atomic E-state index is 0.279. The normalized spacial score (nSPS) is 11.7. The van der Waals surface area contributed by atoms with E-state index in [0.717, 1.165) is 0 Å². The number of anilines is 1. The molecule has 6 heteroatoms. The standard InChI is InChI=1S/C15H22N4O2/c1-10(2)19-9-11(8-17-19)20-13-7-6-12(16)14(18-13)21-15(3,4)5/h6-10H,16H2,1-5H3. The van der Waals surface area contributed by atoms with Gasteiger partial charge in [-0.25, -0.2) is 0 Å². The highest BCUT2D eigenvalue weighted by Gasteiger charge is 2.16. The lowest BCUT2D eigenvalue weighted by Gasteiger charge is -2.21. The van der Waals surface area contributed by atoms with E-state index in [1.54, 1.807) is 18.3 Å². The third-order valence-corrected chi connectivity index (χ3v) is 2.60. The summed E-state index contributed by atoms with van der Waals surface area (Å²) >= 11 is 0. The van der Waals surface area contributed by atoms with E-state index in [1.165, 1.54) is 0 Å². The zero-order chi connectivity index (χ0) is 15.6. The molecule has 0 aliphatic rings. The SMILES string of the molecule is CC(C)n1cc(Oc2ccc(N)c(OC(C)(C)C)n2)cn1. The van der Waals surface area contributed by atoms with Gasteiger partial charge < -0.3 is 15.2 Å².